The minimum atomic E-state index is -0.478. The van der Waals surface area contributed by atoms with Crippen LogP contribution in [0.5, 0.6) is 0 Å². The van der Waals surface area contributed by atoms with E-state index in [1.54, 1.807) is 0 Å². The Morgan fingerprint density at radius 3 is 2.52 bits per heavy atom. The molecule has 2 aliphatic rings. The largest absolute Gasteiger partial charge is 0.390 e. The van der Waals surface area contributed by atoms with Crippen LogP contribution in [-0.2, 0) is 4.79 Å². The Morgan fingerprint density at radius 1 is 1.10 bits per heavy atom. The number of hydrogen-bond donors (Lipinski definition) is 1. The van der Waals surface area contributed by atoms with Crippen LogP contribution in [0.15, 0.2) is 35.5 Å². The monoisotopic (exact) mass is 402 g/mol. The fraction of sp³-hybridized carbons (Fsp3) is 0.741. The zero-order valence-corrected chi connectivity index (χ0v) is 19.8. The summed E-state index contributed by atoms with van der Waals surface area (Å²) in [5, 5.41) is 9.72. The summed E-state index contributed by atoms with van der Waals surface area (Å²) in [7, 11) is 0. The topological polar surface area (TPSA) is 37.3 Å². The number of allylic oxidation sites excluding steroid dienone is 6. The van der Waals surface area contributed by atoms with Crippen LogP contribution in [0.2, 0.25) is 0 Å². The Balaban J connectivity index is 0.000000326. The quantitative estimate of drug-likeness (QED) is 0.364. The predicted octanol–water partition coefficient (Wildman–Crippen LogP) is 7.72. The maximum absolute atomic E-state index is 11.2. The van der Waals surface area contributed by atoms with E-state index in [9.17, 15) is 9.90 Å². The first-order valence-corrected chi connectivity index (χ1v) is 12.0. The summed E-state index contributed by atoms with van der Waals surface area (Å²) in [6.07, 6.45) is 23.0. The molecule has 2 unspecified atom stereocenters. The number of hydrogen-bond acceptors (Lipinski definition) is 2. The molecular formula is C27H46O2. The maximum atomic E-state index is 11.2. The molecule has 0 spiro atoms. The predicted molar refractivity (Wildman–Crippen MR) is 126 cm³/mol. The lowest BCUT2D eigenvalue weighted by Crippen LogP contribution is -2.18. The third kappa shape index (κ3) is 11.6. The van der Waals surface area contributed by atoms with E-state index < -0.39 is 5.60 Å². The second kappa shape index (κ2) is 14.0. The third-order valence-corrected chi connectivity index (χ3v) is 6.44. The molecule has 2 aliphatic carbocycles. The van der Waals surface area contributed by atoms with E-state index in [1.165, 1.54) is 56.9 Å². The van der Waals surface area contributed by atoms with Crippen LogP contribution in [0.4, 0.5) is 0 Å². The molecule has 0 bridgehead atoms. The van der Waals surface area contributed by atoms with Crippen molar-refractivity contribution in [2.24, 2.45) is 11.8 Å². The van der Waals surface area contributed by atoms with Gasteiger partial charge < -0.3 is 5.11 Å². The van der Waals surface area contributed by atoms with Crippen LogP contribution in [0.25, 0.3) is 0 Å². The van der Waals surface area contributed by atoms with E-state index in [-0.39, 0.29) is 0 Å². The SMILES string of the molecule is C/C=C\C1=C(C)C(=O)CCC1.CC1CC/C=C\CCCC1CCCCC(C)(C)O. The lowest BCUT2D eigenvalue weighted by atomic mass is 9.82. The number of ketones is 1. The molecule has 0 radical (unpaired) electrons. The number of Topliss-reactive ketones (excluding diaryl/α,β-unsaturated/α-hetero) is 1. The Kier molecular flexibility index (Phi) is 12.5. The van der Waals surface area contributed by atoms with Crippen LogP contribution in [0.1, 0.15) is 112 Å². The van der Waals surface area contributed by atoms with E-state index in [4.69, 9.17) is 0 Å². The number of carbonyl (C=O) groups excluding carboxylic acids is 1. The van der Waals surface area contributed by atoms with Crippen LogP contribution in [0, 0.1) is 11.8 Å². The van der Waals surface area contributed by atoms with Gasteiger partial charge in [0.15, 0.2) is 5.78 Å². The van der Waals surface area contributed by atoms with Crippen molar-refractivity contribution in [2.45, 2.75) is 117 Å². The van der Waals surface area contributed by atoms with Crippen molar-refractivity contribution >= 4 is 5.78 Å². The number of unbranched alkanes of at least 4 members (excludes halogenated alkanes) is 1. The van der Waals surface area contributed by atoms with E-state index in [2.05, 4.69) is 19.1 Å². The van der Waals surface area contributed by atoms with Crippen molar-refractivity contribution in [2.75, 3.05) is 0 Å². The lowest BCUT2D eigenvalue weighted by molar-refractivity contribution is -0.116. The number of carbonyl (C=O) groups is 1. The van der Waals surface area contributed by atoms with Crippen LogP contribution in [0.3, 0.4) is 0 Å². The zero-order chi connectivity index (χ0) is 21.7. The first-order valence-electron chi connectivity index (χ1n) is 12.0. The van der Waals surface area contributed by atoms with Gasteiger partial charge in [-0.25, -0.2) is 0 Å². The van der Waals surface area contributed by atoms with E-state index in [0.717, 1.165) is 43.1 Å². The normalized spacial score (nSPS) is 25.1. The highest BCUT2D eigenvalue weighted by Gasteiger charge is 2.18. The molecule has 0 aromatic carbocycles. The average Bonchev–Trinajstić information content (AvgIpc) is 2.75. The second-order valence-corrected chi connectivity index (χ2v) is 9.70. The smallest absolute Gasteiger partial charge is 0.158 e. The first kappa shape index (κ1) is 25.9. The van der Waals surface area contributed by atoms with E-state index in [0.29, 0.717) is 5.78 Å². The van der Waals surface area contributed by atoms with Crippen LogP contribution < -0.4 is 0 Å². The molecule has 0 aliphatic heterocycles. The highest BCUT2D eigenvalue weighted by atomic mass is 16.3. The van der Waals surface area contributed by atoms with Gasteiger partial charge >= 0.3 is 0 Å². The van der Waals surface area contributed by atoms with Crippen molar-refractivity contribution in [1.82, 2.24) is 0 Å². The highest BCUT2D eigenvalue weighted by Crippen LogP contribution is 2.30. The molecule has 166 valence electrons. The summed E-state index contributed by atoms with van der Waals surface area (Å²) in [4.78, 5) is 11.2. The average molecular weight is 403 g/mol. The van der Waals surface area contributed by atoms with Gasteiger partial charge in [-0.1, -0.05) is 50.5 Å². The van der Waals surface area contributed by atoms with Gasteiger partial charge in [0.2, 0.25) is 0 Å². The highest BCUT2D eigenvalue weighted by molar-refractivity contribution is 5.96. The van der Waals surface area contributed by atoms with E-state index >= 15 is 0 Å². The molecule has 2 heteroatoms. The molecule has 2 rings (SSSR count). The van der Waals surface area contributed by atoms with Crippen molar-refractivity contribution in [1.29, 1.82) is 0 Å². The summed E-state index contributed by atoms with van der Waals surface area (Å²) < 4.78 is 0. The minimum Gasteiger partial charge on any atom is -0.390 e. The summed E-state index contributed by atoms with van der Waals surface area (Å²) in [6.45, 7) is 10.2. The van der Waals surface area contributed by atoms with Crippen molar-refractivity contribution in [3.63, 3.8) is 0 Å². The summed E-state index contributed by atoms with van der Waals surface area (Å²) >= 11 is 0. The fourth-order valence-electron chi connectivity index (χ4n) is 4.41. The molecule has 0 fully saturated rings. The molecule has 0 saturated heterocycles. The number of aliphatic hydroxyl groups is 1. The molecule has 0 amide bonds. The molecule has 2 atom stereocenters. The summed E-state index contributed by atoms with van der Waals surface area (Å²) in [6, 6.07) is 0. The van der Waals surface area contributed by atoms with Gasteiger partial charge in [0.05, 0.1) is 5.60 Å². The van der Waals surface area contributed by atoms with Crippen LogP contribution in [-0.4, -0.2) is 16.5 Å². The van der Waals surface area contributed by atoms with Gasteiger partial charge in [-0.05, 0) is 102 Å². The fourth-order valence-corrected chi connectivity index (χ4v) is 4.41. The lowest BCUT2D eigenvalue weighted by Gasteiger charge is -2.24. The molecule has 2 nitrogen and oxygen atoms in total. The molecule has 29 heavy (non-hydrogen) atoms. The Labute approximate surface area is 180 Å². The van der Waals surface area contributed by atoms with Gasteiger partial charge in [-0.15, -0.1) is 0 Å². The van der Waals surface area contributed by atoms with E-state index in [1.807, 2.05) is 39.8 Å². The minimum absolute atomic E-state index is 0.323. The Bertz CT molecular complexity index is 560. The van der Waals surface area contributed by atoms with Gasteiger partial charge in [-0.2, -0.15) is 0 Å². The third-order valence-electron chi connectivity index (χ3n) is 6.44. The maximum Gasteiger partial charge on any atom is 0.158 e. The summed E-state index contributed by atoms with van der Waals surface area (Å²) in [5.41, 5.74) is 1.71. The van der Waals surface area contributed by atoms with Gasteiger partial charge in [0.1, 0.15) is 0 Å². The van der Waals surface area contributed by atoms with Crippen molar-refractivity contribution in [3.8, 4) is 0 Å². The molecule has 0 aromatic heterocycles. The molecule has 0 saturated carbocycles. The number of rotatable bonds is 6. The summed E-state index contributed by atoms with van der Waals surface area (Å²) in [5.74, 6) is 2.10. The Hall–Kier alpha value is -1.15. The van der Waals surface area contributed by atoms with Gasteiger partial charge in [-0.3, -0.25) is 4.79 Å². The van der Waals surface area contributed by atoms with Gasteiger partial charge in [0, 0.05) is 6.42 Å². The molecular weight excluding hydrogens is 356 g/mol. The Morgan fingerprint density at radius 2 is 1.83 bits per heavy atom. The van der Waals surface area contributed by atoms with Gasteiger partial charge in [0.25, 0.3) is 0 Å². The van der Waals surface area contributed by atoms with Crippen molar-refractivity contribution in [3.05, 3.63) is 35.5 Å². The first-order chi connectivity index (χ1) is 13.7. The second-order valence-electron chi connectivity index (χ2n) is 9.70. The molecule has 1 N–H and O–H groups in total. The molecule has 0 heterocycles. The molecule has 0 aromatic rings. The van der Waals surface area contributed by atoms with Crippen LogP contribution >= 0.6 is 0 Å². The zero-order valence-electron chi connectivity index (χ0n) is 19.8. The van der Waals surface area contributed by atoms with Crippen molar-refractivity contribution < 1.29 is 9.90 Å². The standard InChI is InChI=1S/C17H32O.C10H14O/c1-15-11-7-5-4-6-8-12-16(15)13-9-10-14-17(2,3)18;1-3-5-9-6-4-7-10(11)8(9)2/h4-5,15-16,18H,6-14H2,1-3H3;3,5H,4,6-7H2,1-2H3/b5-4-;5-3-.